The summed E-state index contributed by atoms with van der Waals surface area (Å²) in [5.74, 6) is -3.41. The molecule has 236 valence electrons. The quantitative estimate of drug-likeness (QED) is 0.393. The lowest BCUT2D eigenvalue weighted by Gasteiger charge is -2.36. The Labute approximate surface area is 262 Å². The summed E-state index contributed by atoms with van der Waals surface area (Å²) in [7, 11) is 0. The topological polar surface area (TPSA) is 125 Å². The molecule has 4 heterocycles. The number of cyclic esters (lactones) is 1. The standard InChI is InChI=1S/C35H39N3O7/c1-22-11-8-12-23(2)30(22)37-18-9-17-35-29(33(42)38(19-10-20-39)31(35)34(37)43)28-26(45-35)15-6-7-16-27(40)44-21-25(36-32(28)41)24-13-4-3-5-14-24/h3-6,8-9,11-15,17,25-26,28-29,31,39H,7,10,16,18-21H2,1-2H3,(H,36,41)/b15-6-/t25-,26+,28-,29-,31+,35-/m0/s1. The molecule has 2 saturated heterocycles. The molecule has 4 aliphatic heterocycles. The Morgan fingerprint density at radius 3 is 2.47 bits per heavy atom. The van der Waals surface area contributed by atoms with Crippen molar-refractivity contribution in [2.75, 3.05) is 31.2 Å². The molecular weight excluding hydrogens is 574 g/mol. The van der Waals surface area contributed by atoms with Crippen molar-refractivity contribution in [2.24, 2.45) is 11.8 Å². The van der Waals surface area contributed by atoms with Crippen LogP contribution in [0, 0.1) is 25.7 Å². The average Bonchev–Trinajstić information content (AvgIpc) is 3.41. The number of likely N-dealkylation sites (tertiary alicyclic amines) is 1. The van der Waals surface area contributed by atoms with Crippen molar-refractivity contribution >= 4 is 29.4 Å². The first kappa shape index (κ1) is 30.7. The molecule has 0 saturated carbocycles. The van der Waals surface area contributed by atoms with E-state index in [1.165, 1.54) is 4.90 Å². The highest BCUT2D eigenvalue weighted by Gasteiger charge is 2.71. The van der Waals surface area contributed by atoms with Gasteiger partial charge in [-0.3, -0.25) is 19.2 Å². The van der Waals surface area contributed by atoms with Crippen molar-refractivity contribution in [1.82, 2.24) is 10.2 Å². The number of hydrogen-bond donors (Lipinski definition) is 2. The summed E-state index contributed by atoms with van der Waals surface area (Å²) in [5, 5.41) is 12.8. The molecule has 4 aliphatic rings. The number of benzene rings is 2. The van der Waals surface area contributed by atoms with E-state index in [1.807, 2.05) is 68.5 Å². The van der Waals surface area contributed by atoms with E-state index in [-0.39, 0.29) is 56.9 Å². The van der Waals surface area contributed by atoms with Crippen molar-refractivity contribution in [2.45, 2.75) is 56.9 Å². The van der Waals surface area contributed by atoms with Crippen molar-refractivity contribution in [3.05, 3.63) is 89.5 Å². The molecule has 6 rings (SSSR count). The molecule has 2 fully saturated rings. The SMILES string of the molecule is Cc1cccc(C)c1N1CC=C[C@]23O[C@@H]4/C=C\CCC(=O)OC[C@@H](c5ccccc5)NC(=O)[C@@H]4[C@H]2C(=O)N(CCCO)[C@@H]3C1=O. The predicted molar refractivity (Wildman–Crippen MR) is 166 cm³/mol. The van der Waals surface area contributed by atoms with E-state index in [1.54, 1.807) is 23.1 Å². The molecule has 45 heavy (non-hydrogen) atoms. The minimum atomic E-state index is -1.42. The molecule has 10 heteroatoms. The second-order valence-corrected chi connectivity index (χ2v) is 12.2. The monoisotopic (exact) mass is 613 g/mol. The van der Waals surface area contributed by atoms with Gasteiger partial charge in [0, 0.05) is 31.8 Å². The number of anilines is 1. The largest absolute Gasteiger partial charge is 0.463 e. The van der Waals surface area contributed by atoms with Crippen LogP contribution in [0.3, 0.4) is 0 Å². The fraction of sp³-hybridized carbons (Fsp3) is 0.429. The molecule has 2 N–H and O–H groups in total. The lowest BCUT2D eigenvalue weighted by atomic mass is 9.77. The van der Waals surface area contributed by atoms with Crippen LogP contribution in [0.4, 0.5) is 5.69 Å². The number of aliphatic hydroxyl groups excluding tert-OH is 1. The van der Waals surface area contributed by atoms with E-state index in [9.17, 15) is 24.3 Å². The van der Waals surface area contributed by atoms with Gasteiger partial charge in [-0.25, -0.2) is 0 Å². The molecule has 0 aromatic heterocycles. The number of carbonyl (C=O) groups is 4. The molecule has 1 spiro atoms. The molecule has 0 radical (unpaired) electrons. The van der Waals surface area contributed by atoms with E-state index in [4.69, 9.17) is 9.47 Å². The van der Waals surface area contributed by atoms with Gasteiger partial charge in [-0.15, -0.1) is 0 Å². The number of amides is 3. The zero-order valence-corrected chi connectivity index (χ0v) is 25.6. The second kappa shape index (κ2) is 12.6. The van der Waals surface area contributed by atoms with Gasteiger partial charge in [0.1, 0.15) is 18.2 Å². The third-order valence-corrected chi connectivity index (χ3v) is 9.33. The maximum atomic E-state index is 14.7. The average molecular weight is 614 g/mol. The summed E-state index contributed by atoms with van der Waals surface area (Å²) in [5.41, 5.74) is 1.97. The van der Waals surface area contributed by atoms with Crippen LogP contribution in [0.5, 0.6) is 0 Å². The number of nitrogens with one attached hydrogen (secondary N) is 1. The zero-order chi connectivity index (χ0) is 31.7. The van der Waals surface area contributed by atoms with Gasteiger partial charge in [0.05, 0.1) is 24.0 Å². The number of aryl methyl sites for hydroxylation is 2. The molecular formula is C35H39N3O7. The minimum absolute atomic E-state index is 0.0608. The van der Waals surface area contributed by atoms with Gasteiger partial charge in [0.25, 0.3) is 5.91 Å². The predicted octanol–water partition coefficient (Wildman–Crippen LogP) is 2.92. The van der Waals surface area contributed by atoms with Gasteiger partial charge in [-0.1, -0.05) is 72.8 Å². The minimum Gasteiger partial charge on any atom is -0.463 e. The molecule has 0 bridgehead atoms. The third-order valence-electron chi connectivity index (χ3n) is 9.33. The Balaban J connectivity index is 1.44. The molecule has 2 aromatic carbocycles. The lowest BCUT2D eigenvalue weighted by Crippen LogP contribution is -2.55. The smallest absolute Gasteiger partial charge is 0.306 e. The molecule has 10 nitrogen and oxygen atoms in total. The third kappa shape index (κ3) is 5.46. The van der Waals surface area contributed by atoms with Crippen molar-refractivity contribution in [3.63, 3.8) is 0 Å². The molecule has 3 amide bonds. The fourth-order valence-corrected chi connectivity index (χ4v) is 7.35. The number of esters is 1. The first-order valence-corrected chi connectivity index (χ1v) is 15.6. The molecule has 6 atom stereocenters. The number of hydrogen-bond acceptors (Lipinski definition) is 7. The van der Waals surface area contributed by atoms with E-state index in [0.717, 1.165) is 22.4 Å². The van der Waals surface area contributed by atoms with Crippen LogP contribution in [0.25, 0.3) is 0 Å². The molecule has 0 unspecified atom stereocenters. The fourth-order valence-electron chi connectivity index (χ4n) is 7.35. The first-order valence-electron chi connectivity index (χ1n) is 15.6. The number of fused-ring (bicyclic) bond motifs is 2. The van der Waals surface area contributed by atoms with Gasteiger partial charge in [0.15, 0.2) is 0 Å². The van der Waals surface area contributed by atoms with Gasteiger partial charge in [0.2, 0.25) is 11.8 Å². The number of aliphatic hydroxyl groups is 1. The Bertz CT molecular complexity index is 1520. The van der Waals surface area contributed by atoms with Gasteiger partial charge >= 0.3 is 5.97 Å². The van der Waals surface area contributed by atoms with Crippen LogP contribution < -0.4 is 10.2 Å². The highest BCUT2D eigenvalue weighted by molar-refractivity contribution is 6.06. The lowest BCUT2D eigenvalue weighted by molar-refractivity contribution is -0.146. The Hall–Kier alpha value is -4.28. The van der Waals surface area contributed by atoms with Gasteiger partial charge < -0.3 is 29.7 Å². The zero-order valence-electron chi connectivity index (χ0n) is 25.6. The maximum Gasteiger partial charge on any atom is 0.306 e. The van der Waals surface area contributed by atoms with E-state index < -0.39 is 41.5 Å². The molecule has 2 aromatic rings. The van der Waals surface area contributed by atoms with Crippen LogP contribution >= 0.6 is 0 Å². The summed E-state index contributed by atoms with van der Waals surface area (Å²) in [6, 6.07) is 13.4. The van der Waals surface area contributed by atoms with Crippen molar-refractivity contribution < 1.29 is 33.8 Å². The maximum absolute atomic E-state index is 14.7. The first-order chi connectivity index (χ1) is 21.8. The van der Waals surface area contributed by atoms with Crippen molar-refractivity contribution in [3.8, 4) is 0 Å². The van der Waals surface area contributed by atoms with Gasteiger partial charge in [-0.05, 0) is 43.4 Å². The van der Waals surface area contributed by atoms with Crippen LogP contribution in [0.2, 0.25) is 0 Å². The molecule has 0 aliphatic carbocycles. The summed E-state index contributed by atoms with van der Waals surface area (Å²) < 4.78 is 12.3. The number of para-hydroxylation sites is 1. The number of allylic oxidation sites excluding steroid dienone is 1. The summed E-state index contributed by atoms with van der Waals surface area (Å²) >= 11 is 0. The normalized spacial score (nSPS) is 30.8. The van der Waals surface area contributed by atoms with E-state index in [2.05, 4.69) is 5.32 Å². The Morgan fingerprint density at radius 1 is 0.978 bits per heavy atom. The highest BCUT2D eigenvalue weighted by Crippen LogP contribution is 2.53. The Morgan fingerprint density at radius 2 is 1.73 bits per heavy atom. The summed E-state index contributed by atoms with van der Waals surface area (Å²) in [4.78, 5) is 59.1. The summed E-state index contributed by atoms with van der Waals surface area (Å²) in [6.45, 7) is 4.08. The number of nitrogens with zero attached hydrogens (tertiary/aromatic N) is 2. The van der Waals surface area contributed by atoms with Crippen LogP contribution in [0.1, 0.15) is 42.0 Å². The number of carbonyl (C=O) groups excluding carboxylic acids is 4. The van der Waals surface area contributed by atoms with E-state index >= 15 is 0 Å². The number of ether oxygens (including phenoxy) is 2. The van der Waals surface area contributed by atoms with Gasteiger partial charge in [-0.2, -0.15) is 0 Å². The summed E-state index contributed by atoms with van der Waals surface area (Å²) in [6.07, 6.45) is 7.14. The van der Waals surface area contributed by atoms with Crippen molar-refractivity contribution in [1.29, 1.82) is 0 Å². The Kier molecular flexibility index (Phi) is 8.61. The van der Waals surface area contributed by atoms with Crippen LogP contribution in [-0.2, 0) is 28.7 Å². The second-order valence-electron chi connectivity index (χ2n) is 12.2. The number of rotatable bonds is 5. The van der Waals surface area contributed by atoms with E-state index in [0.29, 0.717) is 6.42 Å². The van der Waals surface area contributed by atoms with Crippen LogP contribution in [0.15, 0.2) is 72.8 Å². The van der Waals surface area contributed by atoms with Crippen LogP contribution in [-0.4, -0.2) is 77.7 Å². The highest BCUT2D eigenvalue weighted by atomic mass is 16.5.